The standard InChI is InChI=1S/C15H18N6O/c1-3-20-11(2)12(9-17-20)8-16-15(22)10-21-14-7-5-4-6-13(14)18-19-21/h4-7,9H,3,8,10H2,1-2H3,(H,16,22). The van der Waals surface area contributed by atoms with Crippen molar-refractivity contribution in [3.05, 3.63) is 41.7 Å². The summed E-state index contributed by atoms with van der Waals surface area (Å²) in [6.07, 6.45) is 1.80. The van der Waals surface area contributed by atoms with Gasteiger partial charge in [-0.15, -0.1) is 5.10 Å². The van der Waals surface area contributed by atoms with Gasteiger partial charge in [0.05, 0.1) is 11.7 Å². The van der Waals surface area contributed by atoms with E-state index in [2.05, 4.69) is 20.7 Å². The van der Waals surface area contributed by atoms with E-state index in [-0.39, 0.29) is 12.5 Å². The monoisotopic (exact) mass is 298 g/mol. The third kappa shape index (κ3) is 2.69. The summed E-state index contributed by atoms with van der Waals surface area (Å²) < 4.78 is 3.51. The average molecular weight is 298 g/mol. The van der Waals surface area contributed by atoms with Gasteiger partial charge in [-0.05, 0) is 26.0 Å². The molecular weight excluding hydrogens is 280 g/mol. The summed E-state index contributed by atoms with van der Waals surface area (Å²) in [4.78, 5) is 12.1. The van der Waals surface area contributed by atoms with Crippen LogP contribution in [0.2, 0.25) is 0 Å². The van der Waals surface area contributed by atoms with E-state index >= 15 is 0 Å². The smallest absolute Gasteiger partial charge is 0.242 e. The number of fused-ring (bicyclic) bond motifs is 1. The Morgan fingerprint density at radius 3 is 2.86 bits per heavy atom. The Morgan fingerprint density at radius 1 is 1.27 bits per heavy atom. The summed E-state index contributed by atoms with van der Waals surface area (Å²) >= 11 is 0. The van der Waals surface area contributed by atoms with Crippen molar-refractivity contribution < 1.29 is 4.79 Å². The number of nitrogens with zero attached hydrogens (tertiary/aromatic N) is 5. The number of para-hydroxylation sites is 1. The van der Waals surface area contributed by atoms with Crippen molar-refractivity contribution in [2.24, 2.45) is 0 Å². The van der Waals surface area contributed by atoms with Crippen molar-refractivity contribution >= 4 is 16.9 Å². The summed E-state index contributed by atoms with van der Waals surface area (Å²) in [7, 11) is 0. The molecule has 0 saturated heterocycles. The van der Waals surface area contributed by atoms with Crippen LogP contribution in [0, 0.1) is 6.92 Å². The number of hydrogen-bond acceptors (Lipinski definition) is 4. The van der Waals surface area contributed by atoms with Crippen LogP contribution in [0.1, 0.15) is 18.2 Å². The lowest BCUT2D eigenvalue weighted by Crippen LogP contribution is -2.27. The first-order chi connectivity index (χ1) is 10.7. The molecule has 0 fully saturated rings. The lowest BCUT2D eigenvalue weighted by molar-refractivity contribution is -0.121. The Labute approximate surface area is 127 Å². The Kier molecular flexibility index (Phi) is 3.86. The van der Waals surface area contributed by atoms with Crippen LogP contribution >= 0.6 is 0 Å². The van der Waals surface area contributed by atoms with Crippen molar-refractivity contribution in [2.45, 2.75) is 33.5 Å². The van der Waals surface area contributed by atoms with Gasteiger partial charge in [0.2, 0.25) is 5.91 Å². The zero-order valence-corrected chi connectivity index (χ0v) is 12.7. The molecule has 0 aliphatic carbocycles. The molecule has 3 rings (SSSR count). The number of nitrogens with one attached hydrogen (secondary N) is 1. The maximum Gasteiger partial charge on any atom is 0.242 e. The zero-order valence-electron chi connectivity index (χ0n) is 12.7. The Hall–Kier alpha value is -2.70. The van der Waals surface area contributed by atoms with Gasteiger partial charge >= 0.3 is 0 Å². The number of carbonyl (C=O) groups is 1. The highest BCUT2D eigenvalue weighted by molar-refractivity contribution is 5.79. The normalized spacial score (nSPS) is 11.0. The molecule has 1 amide bonds. The van der Waals surface area contributed by atoms with E-state index in [0.29, 0.717) is 6.54 Å². The first-order valence-electron chi connectivity index (χ1n) is 7.25. The minimum absolute atomic E-state index is 0.0979. The number of carbonyl (C=O) groups excluding carboxylic acids is 1. The molecule has 0 spiro atoms. The average Bonchev–Trinajstić information content (AvgIpc) is 3.09. The molecule has 22 heavy (non-hydrogen) atoms. The summed E-state index contributed by atoms with van der Waals surface area (Å²) in [5.74, 6) is -0.0979. The molecule has 2 heterocycles. The van der Waals surface area contributed by atoms with Crippen LogP contribution in [-0.2, 0) is 24.4 Å². The van der Waals surface area contributed by atoms with Crippen molar-refractivity contribution in [3.63, 3.8) is 0 Å². The molecule has 7 nitrogen and oxygen atoms in total. The maximum absolute atomic E-state index is 12.1. The van der Waals surface area contributed by atoms with Crippen LogP contribution < -0.4 is 5.32 Å². The molecule has 0 aliphatic heterocycles. The second-order valence-electron chi connectivity index (χ2n) is 5.08. The van der Waals surface area contributed by atoms with Crippen molar-refractivity contribution in [3.8, 4) is 0 Å². The van der Waals surface area contributed by atoms with E-state index in [0.717, 1.165) is 28.8 Å². The first kappa shape index (κ1) is 14.2. The van der Waals surface area contributed by atoms with Crippen LogP contribution in [0.5, 0.6) is 0 Å². The van der Waals surface area contributed by atoms with Gasteiger partial charge in [0.25, 0.3) is 0 Å². The van der Waals surface area contributed by atoms with Crippen LogP contribution in [0.25, 0.3) is 11.0 Å². The Bertz CT molecular complexity index is 803. The maximum atomic E-state index is 12.1. The van der Waals surface area contributed by atoms with Gasteiger partial charge in [0.1, 0.15) is 12.1 Å². The Balaban J connectivity index is 1.64. The second kappa shape index (κ2) is 5.97. The molecular formula is C15H18N6O. The van der Waals surface area contributed by atoms with Gasteiger partial charge < -0.3 is 5.32 Å². The molecule has 1 aromatic carbocycles. The first-order valence-corrected chi connectivity index (χ1v) is 7.25. The quantitative estimate of drug-likeness (QED) is 0.769. The summed E-state index contributed by atoms with van der Waals surface area (Å²) in [6.45, 7) is 5.49. The van der Waals surface area contributed by atoms with Crippen LogP contribution in [0.4, 0.5) is 0 Å². The third-order valence-corrected chi connectivity index (χ3v) is 3.69. The minimum Gasteiger partial charge on any atom is -0.350 e. The molecule has 0 unspecified atom stereocenters. The number of aryl methyl sites for hydroxylation is 1. The fourth-order valence-corrected chi connectivity index (χ4v) is 2.40. The fourth-order valence-electron chi connectivity index (χ4n) is 2.40. The zero-order chi connectivity index (χ0) is 15.5. The number of benzene rings is 1. The molecule has 0 saturated carbocycles. The molecule has 0 atom stereocenters. The highest BCUT2D eigenvalue weighted by Crippen LogP contribution is 2.09. The highest BCUT2D eigenvalue weighted by Gasteiger charge is 2.10. The second-order valence-corrected chi connectivity index (χ2v) is 5.08. The molecule has 0 aliphatic rings. The number of aromatic nitrogens is 5. The predicted molar refractivity (Wildman–Crippen MR) is 82.0 cm³/mol. The molecule has 1 N–H and O–H groups in total. The van der Waals surface area contributed by atoms with Gasteiger partial charge in [0, 0.05) is 24.3 Å². The van der Waals surface area contributed by atoms with E-state index in [1.807, 2.05) is 42.8 Å². The number of amides is 1. The van der Waals surface area contributed by atoms with Crippen molar-refractivity contribution in [1.82, 2.24) is 30.1 Å². The lowest BCUT2D eigenvalue weighted by Gasteiger charge is -2.06. The third-order valence-electron chi connectivity index (χ3n) is 3.69. The van der Waals surface area contributed by atoms with Gasteiger partial charge in [-0.1, -0.05) is 17.3 Å². The van der Waals surface area contributed by atoms with Crippen LogP contribution in [0.3, 0.4) is 0 Å². The van der Waals surface area contributed by atoms with Gasteiger partial charge in [0.15, 0.2) is 0 Å². The van der Waals surface area contributed by atoms with Gasteiger partial charge in [-0.3, -0.25) is 9.48 Å². The van der Waals surface area contributed by atoms with Crippen molar-refractivity contribution in [1.29, 1.82) is 0 Å². The summed E-state index contributed by atoms with van der Waals surface area (Å²) in [5, 5.41) is 15.2. The van der Waals surface area contributed by atoms with E-state index in [9.17, 15) is 4.79 Å². The van der Waals surface area contributed by atoms with E-state index < -0.39 is 0 Å². The summed E-state index contributed by atoms with van der Waals surface area (Å²) in [6, 6.07) is 7.58. The molecule has 114 valence electrons. The molecule has 7 heteroatoms. The van der Waals surface area contributed by atoms with E-state index in [1.54, 1.807) is 10.9 Å². The Morgan fingerprint density at radius 2 is 2.09 bits per heavy atom. The predicted octanol–water partition coefficient (Wildman–Crippen LogP) is 1.27. The lowest BCUT2D eigenvalue weighted by atomic mass is 10.2. The van der Waals surface area contributed by atoms with Crippen LogP contribution in [-0.4, -0.2) is 30.7 Å². The molecule has 2 aromatic heterocycles. The topological polar surface area (TPSA) is 77.6 Å². The van der Waals surface area contributed by atoms with Crippen LogP contribution in [0.15, 0.2) is 30.5 Å². The minimum atomic E-state index is -0.0979. The van der Waals surface area contributed by atoms with E-state index in [4.69, 9.17) is 0 Å². The van der Waals surface area contributed by atoms with Crippen molar-refractivity contribution in [2.75, 3.05) is 0 Å². The van der Waals surface area contributed by atoms with Gasteiger partial charge in [-0.25, -0.2) is 4.68 Å². The molecule has 3 aromatic rings. The molecule has 0 bridgehead atoms. The molecule has 0 radical (unpaired) electrons. The van der Waals surface area contributed by atoms with E-state index in [1.165, 1.54) is 0 Å². The van der Waals surface area contributed by atoms with Gasteiger partial charge in [-0.2, -0.15) is 5.10 Å². The fraction of sp³-hybridized carbons (Fsp3) is 0.333. The SMILES string of the molecule is CCn1ncc(CNC(=O)Cn2nnc3ccccc32)c1C. The largest absolute Gasteiger partial charge is 0.350 e. The number of hydrogen-bond donors (Lipinski definition) is 1. The summed E-state index contributed by atoms with van der Waals surface area (Å²) in [5.41, 5.74) is 3.75. The highest BCUT2D eigenvalue weighted by atomic mass is 16.2. The number of rotatable bonds is 5.